The van der Waals surface area contributed by atoms with Crippen molar-refractivity contribution >= 4 is 21.9 Å². The van der Waals surface area contributed by atoms with Gasteiger partial charge in [0.25, 0.3) is 0 Å². The van der Waals surface area contributed by atoms with E-state index in [-0.39, 0.29) is 16.6 Å². The van der Waals surface area contributed by atoms with Crippen LogP contribution in [0, 0.1) is 5.82 Å². The number of hydrogen-bond donors (Lipinski definition) is 2. The molecule has 1 aromatic carbocycles. The first-order valence-electron chi connectivity index (χ1n) is 6.61. The van der Waals surface area contributed by atoms with E-state index in [0.29, 0.717) is 16.4 Å². The number of rotatable bonds is 1. The molecule has 3 heterocycles. The van der Waals surface area contributed by atoms with Crippen LogP contribution in [0.15, 0.2) is 36.8 Å². The molecule has 0 saturated carbocycles. The van der Waals surface area contributed by atoms with Crippen LogP contribution in [0.2, 0.25) is 0 Å². The first-order valence-corrected chi connectivity index (χ1v) is 6.61. The standard InChI is InChI=1S/C15H8F4N4/c16-11-6-21-14-8(1-2-20-14)13(11)9-3-7(15(17,18)19)4-12-10(9)5-22-23-12/h1-6H,(H,20,21)(H,22,23). The second-order valence-corrected chi connectivity index (χ2v) is 5.07. The van der Waals surface area contributed by atoms with Crippen LogP contribution >= 0.6 is 0 Å². The third-order valence-corrected chi connectivity index (χ3v) is 3.70. The molecule has 0 fully saturated rings. The first-order chi connectivity index (χ1) is 10.9. The molecule has 0 spiro atoms. The summed E-state index contributed by atoms with van der Waals surface area (Å²) >= 11 is 0. The van der Waals surface area contributed by atoms with Gasteiger partial charge in [0.2, 0.25) is 0 Å². The zero-order valence-corrected chi connectivity index (χ0v) is 11.4. The fraction of sp³-hybridized carbons (Fsp3) is 0.0667. The highest BCUT2D eigenvalue weighted by molar-refractivity contribution is 6.03. The maximum atomic E-state index is 14.4. The lowest BCUT2D eigenvalue weighted by atomic mass is 9.97. The molecule has 0 saturated heterocycles. The van der Waals surface area contributed by atoms with E-state index in [0.717, 1.165) is 18.3 Å². The molecule has 3 aromatic heterocycles. The van der Waals surface area contributed by atoms with Crippen molar-refractivity contribution in [2.75, 3.05) is 0 Å². The van der Waals surface area contributed by atoms with Crippen molar-refractivity contribution < 1.29 is 17.6 Å². The fourth-order valence-corrected chi connectivity index (χ4v) is 2.68. The van der Waals surface area contributed by atoms with Crippen molar-refractivity contribution in [3.05, 3.63) is 48.2 Å². The molecule has 0 radical (unpaired) electrons. The molecule has 0 bridgehead atoms. The number of aromatic amines is 2. The Morgan fingerprint density at radius 3 is 2.65 bits per heavy atom. The van der Waals surface area contributed by atoms with Gasteiger partial charge in [0.05, 0.1) is 23.5 Å². The number of alkyl halides is 3. The van der Waals surface area contributed by atoms with Crippen molar-refractivity contribution in [3.63, 3.8) is 0 Å². The number of nitrogens with zero attached hydrogens (tertiary/aromatic N) is 2. The average molecular weight is 320 g/mol. The van der Waals surface area contributed by atoms with Gasteiger partial charge in [-0.3, -0.25) is 5.10 Å². The normalized spacial score (nSPS) is 12.3. The van der Waals surface area contributed by atoms with Crippen LogP contribution in [-0.4, -0.2) is 20.2 Å². The van der Waals surface area contributed by atoms with Crippen molar-refractivity contribution in [1.82, 2.24) is 20.2 Å². The molecule has 0 amide bonds. The van der Waals surface area contributed by atoms with Gasteiger partial charge in [-0.1, -0.05) is 0 Å². The van der Waals surface area contributed by atoms with E-state index in [1.54, 1.807) is 12.3 Å². The third kappa shape index (κ3) is 2.06. The lowest BCUT2D eigenvalue weighted by Gasteiger charge is -2.12. The van der Waals surface area contributed by atoms with Crippen molar-refractivity contribution in [3.8, 4) is 11.1 Å². The highest BCUT2D eigenvalue weighted by Gasteiger charge is 2.32. The van der Waals surface area contributed by atoms with E-state index in [1.807, 2.05) is 0 Å². The van der Waals surface area contributed by atoms with Gasteiger partial charge in [0.15, 0.2) is 0 Å². The number of pyridine rings is 1. The number of halogens is 4. The van der Waals surface area contributed by atoms with E-state index < -0.39 is 17.6 Å². The zero-order valence-electron chi connectivity index (χ0n) is 11.4. The Bertz CT molecular complexity index is 1030. The van der Waals surface area contributed by atoms with E-state index in [9.17, 15) is 17.6 Å². The second kappa shape index (κ2) is 4.55. The number of hydrogen-bond acceptors (Lipinski definition) is 2. The van der Waals surface area contributed by atoms with Crippen LogP contribution in [0.5, 0.6) is 0 Å². The Morgan fingerprint density at radius 1 is 1.04 bits per heavy atom. The van der Waals surface area contributed by atoms with Gasteiger partial charge in [-0.15, -0.1) is 0 Å². The monoisotopic (exact) mass is 320 g/mol. The summed E-state index contributed by atoms with van der Waals surface area (Å²) in [6, 6.07) is 3.47. The van der Waals surface area contributed by atoms with E-state index in [2.05, 4.69) is 20.2 Å². The average Bonchev–Trinajstić information content (AvgIpc) is 3.13. The molecule has 4 aromatic rings. The highest BCUT2D eigenvalue weighted by atomic mass is 19.4. The molecule has 8 heteroatoms. The quantitative estimate of drug-likeness (QED) is 0.515. The summed E-state index contributed by atoms with van der Waals surface area (Å²) in [5.41, 5.74) is -0.101. The smallest absolute Gasteiger partial charge is 0.346 e. The predicted octanol–water partition coefficient (Wildman–Crippen LogP) is 4.26. The maximum absolute atomic E-state index is 14.4. The van der Waals surface area contributed by atoms with Gasteiger partial charge < -0.3 is 4.98 Å². The molecule has 4 rings (SSSR count). The topological polar surface area (TPSA) is 57.4 Å². The van der Waals surface area contributed by atoms with Crippen LogP contribution in [-0.2, 0) is 6.18 Å². The van der Waals surface area contributed by atoms with Crippen LogP contribution < -0.4 is 0 Å². The molecule has 2 N–H and O–H groups in total. The van der Waals surface area contributed by atoms with Crippen LogP contribution in [0.1, 0.15) is 5.56 Å². The predicted molar refractivity (Wildman–Crippen MR) is 76.1 cm³/mol. The van der Waals surface area contributed by atoms with Gasteiger partial charge in [0.1, 0.15) is 11.5 Å². The minimum atomic E-state index is -4.55. The number of H-pyrrole nitrogens is 2. The summed E-state index contributed by atoms with van der Waals surface area (Å²) in [6.07, 6.45) is -0.626. The Labute approximate surface area is 126 Å². The maximum Gasteiger partial charge on any atom is 0.416 e. The summed E-state index contributed by atoms with van der Waals surface area (Å²) in [5, 5.41) is 7.09. The minimum absolute atomic E-state index is 0.0637. The summed E-state index contributed by atoms with van der Waals surface area (Å²) < 4.78 is 53.7. The molecular weight excluding hydrogens is 312 g/mol. The molecular formula is C15H8F4N4. The Kier molecular flexibility index (Phi) is 2.72. The van der Waals surface area contributed by atoms with Crippen molar-refractivity contribution in [2.24, 2.45) is 0 Å². The fourth-order valence-electron chi connectivity index (χ4n) is 2.68. The van der Waals surface area contributed by atoms with Crippen molar-refractivity contribution in [1.29, 1.82) is 0 Å². The van der Waals surface area contributed by atoms with E-state index >= 15 is 0 Å². The second-order valence-electron chi connectivity index (χ2n) is 5.07. The molecule has 4 nitrogen and oxygen atoms in total. The first kappa shape index (κ1) is 13.7. The van der Waals surface area contributed by atoms with Crippen LogP contribution in [0.4, 0.5) is 17.6 Å². The number of benzene rings is 1. The van der Waals surface area contributed by atoms with Crippen LogP contribution in [0.25, 0.3) is 33.1 Å². The van der Waals surface area contributed by atoms with Gasteiger partial charge >= 0.3 is 6.18 Å². The van der Waals surface area contributed by atoms with E-state index in [4.69, 9.17) is 0 Å². The van der Waals surface area contributed by atoms with E-state index in [1.165, 1.54) is 6.20 Å². The lowest BCUT2D eigenvalue weighted by molar-refractivity contribution is -0.137. The molecule has 116 valence electrons. The molecule has 23 heavy (non-hydrogen) atoms. The highest BCUT2D eigenvalue weighted by Crippen LogP contribution is 2.39. The Morgan fingerprint density at radius 2 is 1.87 bits per heavy atom. The van der Waals surface area contributed by atoms with Gasteiger partial charge in [-0.05, 0) is 23.8 Å². The van der Waals surface area contributed by atoms with Crippen LogP contribution in [0.3, 0.4) is 0 Å². The number of fused-ring (bicyclic) bond motifs is 2. The third-order valence-electron chi connectivity index (χ3n) is 3.70. The summed E-state index contributed by atoms with van der Waals surface area (Å²) in [5.74, 6) is -0.695. The largest absolute Gasteiger partial charge is 0.416 e. The van der Waals surface area contributed by atoms with Gasteiger partial charge in [-0.2, -0.15) is 18.3 Å². The summed E-state index contributed by atoms with van der Waals surface area (Å²) in [7, 11) is 0. The molecule has 0 unspecified atom stereocenters. The van der Waals surface area contributed by atoms with Crippen molar-refractivity contribution in [2.45, 2.75) is 6.18 Å². The SMILES string of the molecule is Fc1cnc2[nH]ccc2c1-c1cc(C(F)(F)F)cc2[nH]ncc12. The lowest BCUT2D eigenvalue weighted by Crippen LogP contribution is -2.05. The zero-order chi connectivity index (χ0) is 16.2. The molecule has 0 aliphatic rings. The molecule has 0 aliphatic carbocycles. The summed E-state index contributed by atoms with van der Waals surface area (Å²) in [6.45, 7) is 0. The molecule has 0 aliphatic heterocycles. The number of aromatic nitrogens is 4. The van der Waals surface area contributed by atoms with Gasteiger partial charge in [0, 0.05) is 22.5 Å². The molecule has 0 atom stereocenters. The van der Waals surface area contributed by atoms with Gasteiger partial charge in [-0.25, -0.2) is 9.37 Å². The summed E-state index contributed by atoms with van der Waals surface area (Å²) in [4.78, 5) is 6.71. The number of nitrogens with one attached hydrogen (secondary N) is 2. The Balaban J connectivity index is 2.13. The minimum Gasteiger partial charge on any atom is -0.346 e. The Hall–Kier alpha value is -2.90.